The van der Waals surface area contributed by atoms with E-state index >= 15 is 0 Å². The van der Waals surface area contributed by atoms with Crippen LogP contribution < -0.4 is 5.32 Å². The Bertz CT molecular complexity index is 460. The molecule has 1 aromatic rings. The van der Waals surface area contributed by atoms with Gasteiger partial charge in [0.2, 0.25) is 5.91 Å². The Morgan fingerprint density at radius 3 is 2.50 bits per heavy atom. The molecule has 0 aliphatic carbocycles. The van der Waals surface area contributed by atoms with Crippen LogP contribution in [0.1, 0.15) is 25.3 Å². The zero-order chi connectivity index (χ0) is 15.3. The highest BCUT2D eigenvalue weighted by molar-refractivity contribution is 7.98. The van der Waals surface area contributed by atoms with Crippen molar-refractivity contribution in [3.63, 3.8) is 0 Å². The molecule has 0 heterocycles. The minimum absolute atomic E-state index is 0.0348. The first-order chi connectivity index (χ1) is 9.28. The molecule has 0 saturated carbocycles. The van der Waals surface area contributed by atoms with E-state index in [2.05, 4.69) is 5.32 Å². The summed E-state index contributed by atoms with van der Waals surface area (Å²) in [6, 6.07) is 3.49. The molecule has 0 aromatic heterocycles. The fourth-order valence-corrected chi connectivity index (χ4v) is 2.57. The van der Waals surface area contributed by atoms with Crippen molar-refractivity contribution in [1.29, 1.82) is 0 Å². The molecule has 1 aromatic carbocycles. The standard InChI is InChI=1S/C14H19F2NO2S/c1-9(12-10(15)5-4-6-11(12)16)13(18)17-7-14(2,19)8-20-3/h4-6,9,19H,7-8H2,1-3H3,(H,17,18). The molecule has 2 N–H and O–H groups in total. The Morgan fingerprint density at radius 1 is 1.45 bits per heavy atom. The number of aliphatic hydroxyl groups is 1. The number of hydrogen-bond acceptors (Lipinski definition) is 3. The van der Waals surface area contributed by atoms with E-state index in [0.29, 0.717) is 5.75 Å². The zero-order valence-electron chi connectivity index (χ0n) is 11.7. The number of amides is 1. The van der Waals surface area contributed by atoms with Gasteiger partial charge in [0.25, 0.3) is 0 Å². The van der Waals surface area contributed by atoms with Crippen LogP contribution in [0.25, 0.3) is 0 Å². The van der Waals surface area contributed by atoms with E-state index in [1.165, 1.54) is 24.8 Å². The first-order valence-corrected chi connectivity index (χ1v) is 7.61. The molecule has 2 unspecified atom stereocenters. The number of hydrogen-bond donors (Lipinski definition) is 2. The Balaban J connectivity index is 2.73. The molecular weight excluding hydrogens is 284 g/mol. The van der Waals surface area contributed by atoms with Gasteiger partial charge in [0, 0.05) is 17.9 Å². The third kappa shape index (κ3) is 4.45. The molecule has 1 rings (SSSR count). The second kappa shape index (κ2) is 7.04. The van der Waals surface area contributed by atoms with Crippen LogP contribution in [0, 0.1) is 11.6 Å². The molecule has 6 heteroatoms. The molecule has 0 radical (unpaired) electrons. The predicted molar refractivity (Wildman–Crippen MR) is 76.8 cm³/mol. The second-order valence-electron chi connectivity index (χ2n) is 5.00. The fraction of sp³-hybridized carbons (Fsp3) is 0.500. The van der Waals surface area contributed by atoms with Crippen LogP contribution in [0.3, 0.4) is 0 Å². The van der Waals surface area contributed by atoms with E-state index in [9.17, 15) is 18.7 Å². The van der Waals surface area contributed by atoms with Crippen LogP contribution in [0.2, 0.25) is 0 Å². The topological polar surface area (TPSA) is 49.3 Å². The quantitative estimate of drug-likeness (QED) is 0.848. The molecule has 112 valence electrons. The minimum atomic E-state index is -1.05. The van der Waals surface area contributed by atoms with Gasteiger partial charge in [0.1, 0.15) is 11.6 Å². The first kappa shape index (κ1) is 16.9. The number of thioether (sulfide) groups is 1. The van der Waals surface area contributed by atoms with Crippen LogP contribution in [-0.4, -0.2) is 35.2 Å². The number of halogens is 2. The maximum Gasteiger partial charge on any atom is 0.227 e. The maximum atomic E-state index is 13.6. The average Bonchev–Trinajstić information content (AvgIpc) is 2.35. The highest BCUT2D eigenvalue weighted by atomic mass is 32.2. The van der Waals surface area contributed by atoms with E-state index in [1.54, 1.807) is 6.92 Å². The van der Waals surface area contributed by atoms with Crippen LogP contribution in [0.15, 0.2) is 18.2 Å². The van der Waals surface area contributed by atoms with Gasteiger partial charge in [0.15, 0.2) is 0 Å². The van der Waals surface area contributed by atoms with Crippen LogP contribution in [0.5, 0.6) is 0 Å². The monoisotopic (exact) mass is 303 g/mol. The van der Waals surface area contributed by atoms with Crippen LogP contribution in [0.4, 0.5) is 8.78 Å². The fourth-order valence-electron chi connectivity index (χ4n) is 1.85. The zero-order valence-corrected chi connectivity index (χ0v) is 12.6. The molecule has 20 heavy (non-hydrogen) atoms. The number of carbonyl (C=O) groups is 1. The van der Waals surface area contributed by atoms with Crippen LogP contribution >= 0.6 is 11.8 Å². The molecule has 3 nitrogen and oxygen atoms in total. The number of carbonyl (C=O) groups excluding carboxylic acids is 1. The van der Waals surface area contributed by atoms with Crippen LogP contribution in [-0.2, 0) is 4.79 Å². The lowest BCUT2D eigenvalue weighted by atomic mass is 9.98. The molecule has 0 bridgehead atoms. The highest BCUT2D eigenvalue weighted by Gasteiger charge is 2.25. The van der Waals surface area contributed by atoms with Gasteiger partial charge in [-0.15, -0.1) is 0 Å². The largest absolute Gasteiger partial charge is 0.387 e. The van der Waals surface area contributed by atoms with Gasteiger partial charge in [-0.1, -0.05) is 6.07 Å². The van der Waals surface area contributed by atoms with Crippen molar-refractivity contribution in [1.82, 2.24) is 5.32 Å². The number of benzene rings is 1. The van der Waals surface area contributed by atoms with E-state index in [4.69, 9.17) is 0 Å². The summed E-state index contributed by atoms with van der Waals surface area (Å²) in [5.41, 5.74) is -1.31. The van der Waals surface area contributed by atoms with Crippen molar-refractivity contribution >= 4 is 17.7 Å². The van der Waals surface area contributed by atoms with E-state index in [-0.39, 0.29) is 12.1 Å². The summed E-state index contributed by atoms with van der Waals surface area (Å²) in [7, 11) is 0. The Kier molecular flexibility index (Phi) is 5.95. The van der Waals surface area contributed by atoms with Gasteiger partial charge in [-0.05, 0) is 32.2 Å². The molecular formula is C14H19F2NO2S. The van der Waals surface area contributed by atoms with E-state index in [0.717, 1.165) is 12.1 Å². The summed E-state index contributed by atoms with van der Waals surface area (Å²) in [5, 5.41) is 12.5. The van der Waals surface area contributed by atoms with E-state index < -0.39 is 29.1 Å². The molecule has 0 aliphatic heterocycles. The third-order valence-electron chi connectivity index (χ3n) is 2.92. The van der Waals surface area contributed by atoms with E-state index in [1.807, 2.05) is 6.26 Å². The van der Waals surface area contributed by atoms with Crippen molar-refractivity contribution in [3.05, 3.63) is 35.4 Å². The summed E-state index contributed by atoms with van der Waals surface area (Å²) < 4.78 is 27.2. The van der Waals surface area contributed by atoms with Gasteiger partial charge < -0.3 is 10.4 Å². The van der Waals surface area contributed by atoms with Gasteiger partial charge in [-0.2, -0.15) is 11.8 Å². The average molecular weight is 303 g/mol. The molecule has 0 saturated heterocycles. The van der Waals surface area contributed by atoms with Crippen molar-refractivity contribution in [2.24, 2.45) is 0 Å². The van der Waals surface area contributed by atoms with Gasteiger partial charge in [-0.3, -0.25) is 4.79 Å². The Morgan fingerprint density at radius 2 is 2.00 bits per heavy atom. The summed E-state index contributed by atoms with van der Waals surface area (Å²) in [6.45, 7) is 3.06. The predicted octanol–water partition coefficient (Wildman–Crippen LogP) is 2.30. The van der Waals surface area contributed by atoms with Gasteiger partial charge in [0.05, 0.1) is 11.5 Å². The number of nitrogens with one attached hydrogen (secondary N) is 1. The highest BCUT2D eigenvalue weighted by Crippen LogP contribution is 2.22. The third-order valence-corrected chi connectivity index (χ3v) is 3.84. The van der Waals surface area contributed by atoms with Crippen molar-refractivity contribution in [2.45, 2.75) is 25.4 Å². The van der Waals surface area contributed by atoms with Crippen molar-refractivity contribution in [2.75, 3.05) is 18.6 Å². The summed E-state index contributed by atoms with van der Waals surface area (Å²) in [4.78, 5) is 11.9. The summed E-state index contributed by atoms with van der Waals surface area (Å²) >= 11 is 1.45. The lowest BCUT2D eigenvalue weighted by Gasteiger charge is -2.23. The Labute approximate surface area is 121 Å². The Hall–Kier alpha value is -1.14. The molecule has 0 fully saturated rings. The SMILES string of the molecule is CSCC(C)(O)CNC(=O)C(C)c1c(F)cccc1F. The molecule has 0 aliphatic rings. The summed E-state index contributed by atoms with van der Waals surface area (Å²) in [6.07, 6.45) is 1.84. The smallest absolute Gasteiger partial charge is 0.227 e. The normalized spacial score (nSPS) is 15.5. The molecule has 0 spiro atoms. The minimum Gasteiger partial charge on any atom is -0.387 e. The van der Waals surface area contributed by atoms with Crippen molar-refractivity contribution in [3.8, 4) is 0 Å². The lowest BCUT2D eigenvalue weighted by Crippen LogP contribution is -2.43. The lowest BCUT2D eigenvalue weighted by molar-refractivity contribution is -0.123. The maximum absolute atomic E-state index is 13.6. The molecule has 1 amide bonds. The first-order valence-electron chi connectivity index (χ1n) is 6.21. The number of rotatable bonds is 6. The van der Waals surface area contributed by atoms with Crippen molar-refractivity contribution < 1.29 is 18.7 Å². The van der Waals surface area contributed by atoms with Gasteiger partial charge in [-0.25, -0.2) is 8.78 Å². The second-order valence-corrected chi connectivity index (χ2v) is 5.87. The van der Waals surface area contributed by atoms with Gasteiger partial charge >= 0.3 is 0 Å². The summed E-state index contributed by atoms with van der Waals surface area (Å²) in [5.74, 6) is -2.51. The molecule has 2 atom stereocenters.